The first-order valence-corrected chi connectivity index (χ1v) is 7.35. The van der Waals surface area contributed by atoms with Gasteiger partial charge in [-0.2, -0.15) is 0 Å². The van der Waals surface area contributed by atoms with E-state index in [1.807, 2.05) is 13.0 Å². The van der Waals surface area contributed by atoms with Crippen molar-refractivity contribution in [3.05, 3.63) is 46.1 Å². The van der Waals surface area contributed by atoms with Gasteiger partial charge in [0.05, 0.1) is 4.92 Å². The van der Waals surface area contributed by atoms with Gasteiger partial charge in [0.2, 0.25) is 5.16 Å². The van der Waals surface area contributed by atoms with Crippen molar-refractivity contribution in [1.29, 1.82) is 0 Å². The number of nitro benzene ring substituents is 1. The van der Waals surface area contributed by atoms with Gasteiger partial charge in [-0.3, -0.25) is 10.1 Å². The molecule has 1 aromatic carbocycles. The minimum absolute atomic E-state index is 0.0289. The molecule has 0 atom stereocenters. The molecule has 0 amide bonds. The lowest BCUT2D eigenvalue weighted by molar-refractivity contribution is -0.384. The van der Waals surface area contributed by atoms with Crippen LogP contribution in [0.3, 0.4) is 0 Å². The summed E-state index contributed by atoms with van der Waals surface area (Å²) in [5.41, 5.74) is 1.52. The highest BCUT2D eigenvalue weighted by Crippen LogP contribution is 2.26. The van der Waals surface area contributed by atoms with Crippen LogP contribution in [0.4, 0.5) is 5.69 Å². The molecule has 10 heteroatoms. The van der Waals surface area contributed by atoms with Crippen molar-refractivity contribution in [1.82, 2.24) is 30.2 Å². The number of tetrazole rings is 1. The molecule has 0 spiro atoms. The van der Waals surface area contributed by atoms with Crippen LogP contribution in [0.5, 0.6) is 0 Å². The molecule has 0 aliphatic rings. The van der Waals surface area contributed by atoms with Gasteiger partial charge >= 0.3 is 0 Å². The summed E-state index contributed by atoms with van der Waals surface area (Å²) in [5, 5.41) is 23.3. The second-order valence-electron chi connectivity index (χ2n) is 4.66. The number of benzene rings is 1. The maximum Gasteiger partial charge on any atom is 0.269 e. The zero-order chi connectivity index (χ0) is 16.4. The van der Waals surface area contributed by atoms with Gasteiger partial charge in [-0.05, 0) is 47.3 Å². The first-order chi connectivity index (χ1) is 11.0. The van der Waals surface area contributed by atoms with Gasteiger partial charge in [-0.1, -0.05) is 0 Å². The molecule has 0 unspecified atom stereocenters. The van der Waals surface area contributed by atoms with Gasteiger partial charge in [0.25, 0.3) is 5.69 Å². The van der Waals surface area contributed by atoms with E-state index < -0.39 is 4.92 Å². The van der Waals surface area contributed by atoms with Gasteiger partial charge in [0.15, 0.2) is 5.82 Å². The predicted octanol–water partition coefficient (Wildman–Crippen LogP) is 2.03. The van der Waals surface area contributed by atoms with E-state index in [0.29, 0.717) is 21.6 Å². The summed E-state index contributed by atoms with van der Waals surface area (Å²) in [4.78, 5) is 19.1. The van der Waals surface area contributed by atoms with Gasteiger partial charge in [-0.25, -0.2) is 14.6 Å². The summed E-state index contributed by atoms with van der Waals surface area (Å²) >= 11 is 1.32. The Morgan fingerprint density at radius 1 is 1.22 bits per heavy atom. The fourth-order valence-electron chi connectivity index (χ4n) is 1.85. The fourth-order valence-corrected chi connectivity index (χ4v) is 2.65. The monoisotopic (exact) mass is 329 g/mol. The molecule has 0 saturated heterocycles. The van der Waals surface area contributed by atoms with Crippen molar-refractivity contribution < 1.29 is 4.92 Å². The van der Waals surface area contributed by atoms with Crippen molar-refractivity contribution in [2.24, 2.45) is 7.05 Å². The topological polar surface area (TPSA) is 113 Å². The quantitative estimate of drug-likeness (QED) is 0.406. The molecule has 0 aliphatic carbocycles. The number of rotatable bonds is 4. The predicted molar refractivity (Wildman–Crippen MR) is 81.8 cm³/mol. The van der Waals surface area contributed by atoms with Crippen LogP contribution in [0.2, 0.25) is 0 Å². The summed E-state index contributed by atoms with van der Waals surface area (Å²) in [5.74, 6) is 0.498. The Kier molecular flexibility index (Phi) is 3.98. The normalized spacial score (nSPS) is 10.7. The standard InChI is InChI=1S/C13H11N7O2S/c1-8-7-11(23-13-16-17-18-19(13)2)15-12(14-8)9-3-5-10(6-4-9)20(21)22/h3-7H,1-2H3. The van der Waals surface area contributed by atoms with E-state index in [1.165, 1.54) is 23.9 Å². The van der Waals surface area contributed by atoms with Gasteiger partial charge < -0.3 is 0 Å². The van der Waals surface area contributed by atoms with Crippen LogP contribution in [0.25, 0.3) is 11.4 Å². The molecular formula is C13H11N7O2S. The van der Waals surface area contributed by atoms with E-state index >= 15 is 0 Å². The third-order valence-corrected chi connectivity index (χ3v) is 3.89. The number of hydrogen-bond donors (Lipinski definition) is 0. The van der Waals surface area contributed by atoms with E-state index in [9.17, 15) is 10.1 Å². The molecule has 3 rings (SSSR count). The second kappa shape index (κ2) is 6.08. The summed E-state index contributed by atoms with van der Waals surface area (Å²) < 4.78 is 1.55. The van der Waals surface area contributed by atoms with Crippen LogP contribution in [0.15, 0.2) is 40.5 Å². The van der Waals surface area contributed by atoms with Crippen LogP contribution in [0.1, 0.15) is 5.69 Å². The molecule has 0 N–H and O–H groups in total. The van der Waals surface area contributed by atoms with Crippen molar-refractivity contribution in [2.45, 2.75) is 17.1 Å². The summed E-state index contributed by atoms with van der Waals surface area (Å²) in [6.45, 7) is 1.86. The largest absolute Gasteiger partial charge is 0.269 e. The highest BCUT2D eigenvalue weighted by Gasteiger charge is 2.11. The molecule has 0 radical (unpaired) electrons. The molecule has 3 aromatic rings. The van der Waals surface area contributed by atoms with Crippen molar-refractivity contribution in [2.75, 3.05) is 0 Å². The van der Waals surface area contributed by atoms with Crippen molar-refractivity contribution in [3.8, 4) is 11.4 Å². The Balaban J connectivity index is 1.94. The van der Waals surface area contributed by atoms with Crippen LogP contribution < -0.4 is 0 Å². The average molecular weight is 329 g/mol. The van der Waals surface area contributed by atoms with Gasteiger partial charge in [0.1, 0.15) is 5.03 Å². The fraction of sp³-hybridized carbons (Fsp3) is 0.154. The van der Waals surface area contributed by atoms with Gasteiger partial charge in [-0.15, -0.1) is 5.10 Å². The van der Waals surface area contributed by atoms with Crippen molar-refractivity contribution in [3.63, 3.8) is 0 Å². The highest BCUT2D eigenvalue weighted by atomic mass is 32.2. The van der Waals surface area contributed by atoms with E-state index in [0.717, 1.165) is 5.69 Å². The van der Waals surface area contributed by atoms with Crippen LogP contribution in [-0.4, -0.2) is 35.1 Å². The maximum atomic E-state index is 10.7. The average Bonchev–Trinajstić information content (AvgIpc) is 2.92. The third kappa shape index (κ3) is 3.31. The van der Waals surface area contributed by atoms with E-state index in [-0.39, 0.29) is 5.69 Å². The summed E-state index contributed by atoms with van der Waals surface area (Å²) in [6, 6.07) is 7.95. The Morgan fingerprint density at radius 3 is 2.57 bits per heavy atom. The summed E-state index contributed by atoms with van der Waals surface area (Å²) in [7, 11) is 1.74. The first-order valence-electron chi connectivity index (χ1n) is 6.53. The third-order valence-electron chi connectivity index (χ3n) is 2.94. The molecule has 23 heavy (non-hydrogen) atoms. The first kappa shape index (κ1) is 15.0. The molecule has 0 fully saturated rings. The lowest BCUT2D eigenvalue weighted by atomic mass is 10.2. The molecule has 116 valence electrons. The number of nitrogens with zero attached hydrogens (tertiary/aromatic N) is 7. The Labute approximate surface area is 134 Å². The summed E-state index contributed by atoms with van der Waals surface area (Å²) in [6.07, 6.45) is 0. The Hall–Kier alpha value is -2.88. The number of aryl methyl sites for hydroxylation is 2. The molecule has 2 heterocycles. The lowest BCUT2D eigenvalue weighted by Gasteiger charge is -2.05. The van der Waals surface area contributed by atoms with E-state index in [1.54, 1.807) is 23.9 Å². The zero-order valence-electron chi connectivity index (χ0n) is 12.2. The van der Waals surface area contributed by atoms with Crippen LogP contribution in [0, 0.1) is 17.0 Å². The second-order valence-corrected chi connectivity index (χ2v) is 5.65. The maximum absolute atomic E-state index is 10.7. The molecule has 2 aromatic heterocycles. The smallest absolute Gasteiger partial charge is 0.258 e. The lowest BCUT2D eigenvalue weighted by Crippen LogP contribution is -1.97. The van der Waals surface area contributed by atoms with Crippen LogP contribution in [-0.2, 0) is 7.05 Å². The minimum atomic E-state index is -0.441. The Bertz CT molecular complexity index is 863. The molecule has 0 saturated carbocycles. The minimum Gasteiger partial charge on any atom is -0.258 e. The molecule has 9 nitrogen and oxygen atoms in total. The SMILES string of the molecule is Cc1cc(Sc2nnnn2C)nc(-c2ccc([N+](=O)[O-])cc2)n1. The number of aromatic nitrogens is 6. The molecule has 0 bridgehead atoms. The van der Waals surface area contributed by atoms with E-state index in [2.05, 4.69) is 25.5 Å². The number of non-ortho nitro benzene ring substituents is 1. The van der Waals surface area contributed by atoms with Gasteiger partial charge in [0, 0.05) is 30.4 Å². The number of nitro groups is 1. The van der Waals surface area contributed by atoms with Crippen molar-refractivity contribution >= 4 is 17.4 Å². The Morgan fingerprint density at radius 2 is 1.96 bits per heavy atom. The van der Waals surface area contributed by atoms with Crippen LogP contribution >= 0.6 is 11.8 Å². The highest BCUT2D eigenvalue weighted by molar-refractivity contribution is 7.99. The molecular weight excluding hydrogens is 318 g/mol. The van der Waals surface area contributed by atoms with E-state index in [4.69, 9.17) is 0 Å². The zero-order valence-corrected chi connectivity index (χ0v) is 13.1. The molecule has 0 aliphatic heterocycles. The number of hydrogen-bond acceptors (Lipinski definition) is 8.